The van der Waals surface area contributed by atoms with Crippen molar-refractivity contribution in [3.8, 4) is 0 Å². The molecular formula is C16H18ClN5. The Hall–Kier alpha value is -2.14. The maximum Gasteiger partial charge on any atom is 0.144 e. The van der Waals surface area contributed by atoms with Crippen molar-refractivity contribution in [2.45, 2.75) is 19.8 Å². The summed E-state index contributed by atoms with van der Waals surface area (Å²) in [6.07, 6.45) is 5.07. The van der Waals surface area contributed by atoms with Crippen LogP contribution < -0.4 is 4.90 Å². The van der Waals surface area contributed by atoms with Gasteiger partial charge in [-0.1, -0.05) is 24.6 Å². The molecule has 0 saturated carbocycles. The molecule has 6 heteroatoms. The number of aromatic nitrogens is 4. The quantitative estimate of drug-likeness (QED) is 0.803. The molecule has 0 aliphatic carbocycles. The summed E-state index contributed by atoms with van der Waals surface area (Å²) in [5.74, 6) is 1.59. The minimum atomic E-state index is 0.642. The summed E-state index contributed by atoms with van der Waals surface area (Å²) in [5, 5.41) is 1.60. The Kier molecular flexibility index (Phi) is 3.98. The van der Waals surface area contributed by atoms with E-state index in [-0.39, 0.29) is 0 Å². The van der Waals surface area contributed by atoms with Crippen LogP contribution in [0.2, 0.25) is 5.02 Å². The van der Waals surface area contributed by atoms with Crippen molar-refractivity contribution < 1.29 is 0 Å². The van der Waals surface area contributed by atoms with Gasteiger partial charge in [0.1, 0.15) is 17.3 Å². The molecule has 0 aliphatic rings. The molecule has 0 aromatic carbocycles. The molecule has 22 heavy (non-hydrogen) atoms. The highest BCUT2D eigenvalue weighted by Gasteiger charge is 2.17. The van der Waals surface area contributed by atoms with Crippen molar-refractivity contribution in [2.75, 3.05) is 19.0 Å². The van der Waals surface area contributed by atoms with Crippen LogP contribution in [0, 0.1) is 0 Å². The minimum Gasteiger partial charge on any atom is -0.362 e. The fourth-order valence-electron chi connectivity index (χ4n) is 2.47. The summed E-state index contributed by atoms with van der Waals surface area (Å²) in [6, 6.07) is 3.94. The predicted molar refractivity (Wildman–Crippen MR) is 89.6 cm³/mol. The number of pyridine rings is 1. The van der Waals surface area contributed by atoms with E-state index in [1.807, 2.05) is 37.3 Å². The smallest absolute Gasteiger partial charge is 0.144 e. The summed E-state index contributed by atoms with van der Waals surface area (Å²) in [4.78, 5) is 18.7. The molecule has 1 N–H and O–H groups in total. The van der Waals surface area contributed by atoms with Gasteiger partial charge in [0.25, 0.3) is 0 Å². The zero-order valence-electron chi connectivity index (χ0n) is 12.9. The van der Waals surface area contributed by atoms with E-state index in [9.17, 15) is 0 Å². The Bertz CT molecular complexity index is 795. The summed E-state index contributed by atoms with van der Waals surface area (Å²) in [6.45, 7) is 2.07. The van der Waals surface area contributed by atoms with Gasteiger partial charge in [0.2, 0.25) is 0 Å². The van der Waals surface area contributed by atoms with Crippen molar-refractivity contribution in [1.82, 2.24) is 19.9 Å². The fraction of sp³-hybridized carbons (Fsp3) is 0.312. The maximum absolute atomic E-state index is 6.47. The lowest BCUT2D eigenvalue weighted by Crippen LogP contribution is -2.13. The van der Waals surface area contributed by atoms with E-state index < -0.39 is 0 Å². The highest BCUT2D eigenvalue weighted by Crippen LogP contribution is 2.33. The molecule has 0 aliphatic heterocycles. The molecule has 0 fully saturated rings. The van der Waals surface area contributed by atoms with Crippen LogP contribution >= 0.6 is 11.6 Å². The highest BCUT2D eigenvalue weighted by atomic mass is 35.5. The summed E-state index contributed by atoms with van der Waals surface area (Å²) >= 11 is 6.47. The maximum atomic E-state index is 6.47. The predicted octanol–water partition coefficient (Wildman–Crippen LogP) is 3.23. The van der Waals surface area contributed by atoms with Crippen LogP contribution in [0.15, 0.2) is 24.5 Å². The molecule has 114 valence electrons. The van der Waals surface area contributed by atoms with Gasteiger partial charge in [-0.3, -0.25) is 4.98 Å². The zero-order chi connectivity index (χ0) is 15.7. The minimum absolute atomic E-state index is 0.642. The van der Waals surface area contributed by atoms with Crippen LogP contribution in [0.4, 0.5) is 5.82 Å². The molecule has 0 saturated heterocycles. The van der Waals surface area contributed by atoms with E-state index in [1.54, 1.807) is 6.20 Å². The number of hydrogen-bond acceptors (Lipinski definition) is 4. The molecule has 0 radical (unpaired) electrons. The van der Waals surface area contributed by atoms with Gasteiger partial charge < -0.3 is 9.88 Å². The molecule has 0 unspecified atom stereocenters. The lowest BCUT2D eigenvalue weighted by atomic mass is 10.2. The number of rotatable bonds is 4. The molecule has 5 nitrogen and oxygen atoms in total. The van der Waals surface area contributed by atoms with Gasteiger partial charge >= 0.3 is 0 Å². The Morgan fingerprint density at radius 3 is 2.73 bits per heavy atom. The number of hydrogen-bond donors (Lipinski definition) is 1. The summed E-state index contributed by atoms with van der Waals surface area (Å²) in [7, 11) is 3.93. The second-order valence-corrected chi connectivity index (χ2v) is 5.77. The van der Waals surface area contributed by atoms with Crippen molar-refractivity contribution in [2.24, 2.45) is 0 Å². The molecular weight excluding hydrogens is 298 g/mol. The molecule has 3 aromatic rings. The first kappa shape index (κ1) is 14.8. The zero-order valence-corrected chi connectivity index (χ0v) is 13.6. The van der Waals surface area contributed by atoms with Crippen LogP contribution in [0.25, 0.3) is 11.0 Å². The average molecular weight is 316 g/mol. The first-order valence-corrected chi connectivity index (χ1v) is 7.61. The molecule has 3 rings (SSSR count). The number of nitrogens with one attached hydrogen (secondary N) is 1. The Labute approximate surface area is 134 Å². The van der Waals surface area contributed by atoms with Gasteiger partial charge in [-0.05, 0) is 18.1 Å². The number of fused-ring (bicyclic) bond motifs is 1. The Balaban J connectivity index is 2.13. The van der Waals surface area contributed by atoms with Gasteiger partial charge in [-0.15, -0.1) is 0 Å². The third-order valence-electron chi connectivity index (χ3n) is 3.55. The monoisotopic (exact) mass is 315 g/mol. The number of anilines is 1. The van der Waals surface area contributed by atoms with E-state index in [1.165, 1.54) is 0 Å². The van der Waals surface area contributed by atoms with Crippen LogP contribution in [-0.4, -0.2) is 34.0 Å². The SMILES string of the molecule is CCc1[nH]c2nc(Cc3cccnc3)nc(N(C)C)c2c1Cl. The highest BCUT2D eigenvalue weighted by molar-refractivity contribution is 6.37. The van der Waals surface area contributed by atoms with E-state index in [0.717, 1.165) is 40.4 Å². The summed E-state index contributed by atoms with van der Waals surface area (Å²) in [5.41, 5.74) is 2.87. The van der Waals surface area contributed by atoms with Gasteiger partial charge in [0.05, 0.1) is 10.4 Å². The molecule has 3 aromatic heterocycles. The largest absolute Gasteiger partial charge is 0.362 e. The Morgan fingerprint density at radius 1 is 1.27 bits per heavy atom. The van der Waals surface area contributed by atoms with Crippen LogP contribution in [0.3, 0.4) is 0 Å². The molecule has 3 heterocycles. The number of nitrogens with zero attached hydrogens (tertiary/aromatic N) is 4. The van der Waals surface area contributed by atoms with Gasteiger partial charge in [-0.25, -0.2) is 9.97 Å². The fourth-order valence-corrected chi connectivity index (χ4v) is 2.82. The van der Waals surface area contributed by atoms with Crippen LogP contribution in [-0.2, 0) is 12.8 Å². The molecule has 0 bridgehead atoms. The second-order valence-electron chi connectivity index (χ2n) is 5.39. The number of H-pyrrole nitrogens is 1. The topological polar surface area (TPSA) is 57.7 Å². The number of aromatic amines is 1. The van der Waals surface area contributed by atoms with Crippen molar-refractivity contribution in [3.63, 3.8) is 0 Å². The lowest BCUT2D eigenvalue weighted by molar-refractivity contribution is 0.950. The number of aryl methyl sites for hydroxylation is 1. The van der Waals surface area contributed by atoms with Crippen LogP contribution in [0.5, 0.6) is 0 Å². The van der Waals surface area contributed by atoms with Crippen molar-refractivity contribution in [3.05, 3.63) is 46.6 Å². The van der Waals surface area contributed by atoms with E-state index in [4.69, 9.17) is 11.6 Å². The van der Waals surface area contributed by atoms with Crippen molar-refractivity contribution in [1.29, 1.82) is 0 Å². The van der Waals surface area contributed by atoms with Gasteiger partial charge in [-0.2, -0.15) is 0 Å². The van der Waals surface area contributed by atoms with E-state index in [2.05, 4.69) is 26.9 Å². The molecule has 0 atom stereocenters. The van der Waals surface area contributed by atoms with Crippen molar-refractivity contribution >= 4 is 28.5 Å². The molecule has 0 spiro atoms. The Morgan fingerprint density at radius 2 is 2.09 bits per heavy atom. The van der Waals surface area contributed by atoms with E-state index in [0.29, 0.717) is 11.4 Å². The second kappa shape index (κ2) is 5.93. The first-order chi connectivity index (χ1) is 10.6. The standard InChI is InChI=1S/C16H18ClN5/c1-4-11-14(17)13-15(19-11)20-12(21-16(13)22(2)3)8-10-6-5-7-18-9-10/h5-7,9H,4,8H2,1-3H3,(H,19,20,21). The normalized spacial score (nSPS) is 11.1. The van der Waals surface area contributed by atoms with Crippen LogP contribution in [0.1, 0.15) is 24.0 Å². The van der Waals surface area contributed by atoms with Gasteiger partial charge in [0, 0.05) is 38.6 Å². The molecule has 0 amide bonds. The van der Waals surface area contributed by atoms with Gasteiger partial charge in [0.15, 0.2) is 0 Å². The third-order valence-corrected chi connectivity index (χ3v) is 3.97. The average Bonchev–Trinajstić information content (AvgIpc) is 2.83. The third kappa shape index (κ3) is 2.64. The van der Waals surface area contributed by atoms with E-state index >= 15 is 0 Å². The number of halogens is 1. The lowest BCUT2D eigenvalue weighted by Gasteiger charge is -2.14. The summed E-state index contributed by atoms with van der Waals surface area (Å²) < 4.78 is 0. The first-order valence-electron chi connectivity index (χ1n) is 7.23.